The Morgan fingerprint density at radius 1 is 1.41 bits per heavy atom. The lowest BCUT2D eigenvalue weighted by Gasteiger charge is -2.26. The summed E-state index contributed by atoms with van der Waals surface area (Å²) in [6.45, 7) is 6.84. The molecule has 1 N–H and O–H groups in total. The smallest absolute Gasteiger partial charge is 0.257 e. The topological polar surface area (TPSA) is 40.5 Å². The summed E-state index contributed by atoms with van der Waals surface area (Å²) in [6.07, 6.45) is 0. The van der Waals surface area contributed by atoms with E-state index in [1.165, 1.54) is 6.07 Å². The van der Waals surface area contributed by atoms with E-state index in [4.69, 9.17) is 0 Å². The molecule has 0 aliphatic carbocycles. The first-order chi connectivity index (χ1) is 7.70. The van der Waals surface area contributed by atoms with Crippen molar-refractivity contribution in [3.63, 3.8) is 0 Å². The van der Waals surface area contributed by atoms with Crippen molar-refractivity contribution in [3.05, 3.63) is 28.2 Å². The van der Waals surface area contributed by atoms with E-state index in [0.717, 1.165) is 4.47 Å². The summed E-state index contributed by atoms with van der Waals surface area (Å²) in [6, 6.07) is 4.90. The number of rotatable bonds is 2. The number of halogens is 1. The average molecular weight is 300 g/mol. The highest BCUT2D eigenvalue weighted by molar-refractivity contribution is 9.10. The number of amides is 1. The lowest BCUT2D eigenvalue weighted by Crippen LogP contribution is -2.34. The van der Waals surface area contributed by atoms with Crippen LogP contribution in [0.25, 0.3) is 0 Å². The second-order valence-corrected chi connectivity index (χ2v) is 6.30. The van der Waals surface area contributed by atoms with Gasteiger partial charge in [-0.2, -0.15) is 0 Å². The summed E-state index contributed by atoms with van der Waals surface area (Å²) >= 11 is 3.25. The fraction of sp³-hybridized carbons (Fsp3) is 0.462. The van der Waals surface area contributed by atoms with Crippen LogP contribution in [0.1, 0.15) is 31.1 Å². The number of phenolic OH excluding ortho intramolecular Hbond substituents is 1. The quantitative estimate of drug-likeness (QED) is 0.910. The maximum absolute atomic E-state index is 12.1. The average Bonchev–Trinajstić information content (AvgIpc) is 2.14. The van der Waals surface area contributed by atoms with Crippen LogP contribution in [-0.2, 0) is 0 Å². The summed E-state index contributed by atoms with van der Waals surface area (Å²) in [5.41, 5.74) is 0.370. The Morgan fingerprint density at radius 3 is 2.47 bits per heavy atom. The molecule has 1 amide bonds. The van der Waals surface area contributed by atoms with Crippen LogP contribution in [0.2, 0.25) is 0 Å². The third-order valence-corrected chi connectivity index (χ3v) is 2.74. The van der Waals surface area contributed by atoms with Crippen molar-refractivity contribution < 1.29 is 9.90 Å². The number of carbonyl (C=O) groups is 1. The third-order valence-electron chi connectivity index (χ3n) is 2.25. The molecule has 94 valence electrons. The predicted octanol–water partition coefficient (Wildman–Crippen LogP) is 3.27. The molecule has 4 heteroatoms. The van der Waals surface area contributed by atoms with Gasteiger partial charge in [0.05, 0.1) is 5.56 Å². The molecule has 1 rings (SSSR count). The van der Waals surface area contributed by atoms with Crippen molar-refractivity contribution in [2.75, 3.05) is 13.6 Å². The number of benzene rings is 1. The molecule has 3 nitrogen and oxygen atoms in total. The first-order valence-electron chi connectivity index (χ1n) is 5.45. The molecule has 0 bridgehead atoms. The lowest BCUT2D eigenvalue weighted by molar-refractivity contribution is 0.0742. The molecule has 0 atom stereocenters. The van der Waals surface area contributed by atoms with Gasteiger partial charge < -0.3 is 10.0 Å². The summed E-state index contributed by atoms with van der Waals surface area (Å²) in [5.74, 6) is -0.157. The highest BCUT2D eigenvalue weighted by atomic mass is 79.9. The van der Waals surface area contributed by atoms with Crippen LogP contribution in [0.3, 0.4) is 0 Å². The Morgan fingerprint density at radius 2 is 2.00 bits per heavy atom. The molecule has 0 saturated heterocycles. The molecule has 0 aliphatic heterocycles. The molecule has 0 fully saturated rings. The van der Waals surface area contributed by atoms with Gasteiger partial charge in [-0.15, -0.1) is 0 Å². The van der Waals surface area contributed by atoms with Crippen LogP contribution >= 0.6 is 15.9 Å². The SMILES string of the molecule is CN(CC(C)(C)C)C(=O)c1ccc(Br)cc1O. The van der Waals surface area contributed by atoms with Gasteiger partial charge in [0.25, 0.3) is 5.91 Å². The fourth-order valence-corrected chi connectivity index (χ4v) is 2.02. The van der Waals surface area contributed by atoms with E-state index in [1.807, 2.05) is 0 Å². The minimum Gasteiger partial charge on any atom is -0.507 e. The molecule has 0 radical (unpaired) electrons. The van der Waals surface area contributed by atoms with Crippen molar-refractivity contribution in [1.82, 2.24) is 4.90 Å². The summed E-state index contributed by atoms with van der Waals surface area (Å²) in [5, 5.41) is 9.73. The largest absolute Gasteiger partial charge is 0.507 e. The standard InChI is InChI=1S/C13H18BrNO2/c1-13(2,3)8-15(4)12(17)10-6-5-9(14)7-11(10)16/h5-7,16H,8H2,1-4H3. The number of hydrogen-bond acceptors (Lipinski definition) is 2. The van der Waals surface area contributed by atoms with E-state index in [2.05, 4.69) is 36.7 Å². The molecule has 1 aromatic carbocycles. The van der Waals surface area contributed by atoms with Crippen LogP contribution in [0.4, 0.5) is 0 Å². The molecule has 0 aromatic heterocycles. The Bertz CT molecular complexity index is 424. The van der Waals surface area contributed by atoms with Gasteiger partial charge in [-0.25, -0.2) is 0 Å². The Labute approximate surface area is 111 Å². The molecule has 0 unspecified atom stereocenters. The number of aromatic hydroxyl groups is 1. The maximum Gasteiger partial charge on any atom is 0.257 e. The summed E-state index contributed by atoms with van der Waals surface area (Å²) in [4.78, 5) is 13.7. The van der Waals surface area contributed by atoms with Crippen molar-refractivity contribution in [2.24, 2.45) is 5.41 Å². The van der Waals surface area contributed by atoms with E-state index in [9.17, 15) is 9.90 Å². The highest BCUT2D eigenvalue weighted by Crippen LogP contribution is 2.24. The Balaban J connectivity index is 2.89. The monoisotopic (exact) mass is 299 g/mol. The van der Waals surface area contributed by atoms with Crippen molar-refractivity contribution in [2.45, 2.75) is 20.8 Å². The predicted molar refractivity (Wildman–Crippen MR) is 72.2 cm³/mol. The fourth-order valence-electron chi connectivity index (χ4n) is 1.67. The van der Waals surface area contributed by atoms with Crippen LogP contribution in [0.15, 0.2) is 22.7 Å². The van der Waals surface area contributed by atoms with Gasteiger partial charge in [0.2, 0.25) is 0 Å². The molecule has 1 aromatic rings. The third kappa shape index (κ3) is 4.04. The van der Waals surface area contributed by atoms with Gasteiger partial charge in [0.1, 0.15) is 5.75 Å². The van der Waals surface area contributed by atoms with Gasteiger partial charge >= 0.3 is 0 Å². The van der Waals surface area contributed by atoms with E-state index < -0.39 is 0 Å². The molecular weight excluding hydrogens is 282 g/mol. The Hall–Kier alpha value is -1.03. The summed E-state index contributed by atoms with van der Waals surface area (Å²) in [7, 11) is 1.75. The first-order valence-corrected chi connectivity index (χ1v) is 6.24. The zero-order valence-corrected chi connectivity index (χ0v) is 12.2. The normalized spacial score (nSPS) is 11.4. The maximum atomic E-state index is 12.1. The van der Waals surface area contributed by atoms with E-state index in [1.54, 1.807) is 24.1 Å². The zero-order valence-electron chi connectivity index (χ0n) is 10.6. The van der Waals surface area contributed by atoms with E-state index in [-0.39, 0.29) is 17.1 Å². The second-order valence-electron chi connectivity index (χ2n) is 5.38. The van der Waals surface area contributed by atoms with Gasteiger partial charge in [0, 0.05) is 18.1 Å². The first kappa shape index (κ1) is 14.0. The van der Waals surface area contributed by atoms with Crippen LogP contribution in [0.5, 0.6) is 5.75 Å². The molecule has 0 saturated carbocycles. The Kier molecular flexibility index (Phi) is 4.20. The van der Waals surface area contributed by atoms with Crippen molar-refractivity contribution >= 4 is 21.8 Å². The van der Waals surface area contributed by atoms with Crippen LogP contribution < -0.4 is 0 Å². The van der Waals surface area contributed by atoms with Gasteiger partial charge in [0.15, 0.2) is 0 Å². The zero-order chi connectivity index (χ0) is 13.2. The van der Waals surface area contributed by atoms with Crippen LogP contribution in [0, 0.1) is 5.41 Å². The van der Waals surface area contributed by atoms with Crippen LogP contribution in [-0.4, -0.2) is 29.5 Å². The van der Waals surface area contributed by atoms with Crippen molar-refractivity contribution in [3.8, 4) is 5.75 Å². The van der Waals surface area contributed by atoms with Crippen molar-refractivity contribution in [1.29, 1.82) is 0 Å². The highest BCUT2D eigenvalue weighted by Gasteiger charge is 2.20. The number of nitrogens with zero attached hydrogens (tertiary/aromatic N) is 1. The van der Waals surface area contributed by atoms with E-state index >= 15 is 0 Å². The van der Waals surface area contributed by atoms with Gasteiger partial charge in [-0.1, -0.05) is 36.7 Å². The minimum atomic E-state index is -0.162. The van der Waals surface area contributed by atoms with Gasteiger partial charge in [-0.05, 0) is 23.6 Å². The molecule has 0 aliphatic rings. The van der Waals surface area contributed by atoms with E-state index in [0.29, 0.717) is 12.1 Å². The second kappa shape index (κ2) is 5.08. The molecule has 0 spiro atoms. The molecule has 0 heterocycles. The number of hydrogen-bond donors (Lipinski definition) is 1. The molecular formula is C13H18BrNO2. The number of phenols is 1. The lowest BCUT2D eigenvalue weighted by atomic mass is 9.96. The molecule has 17 heavy (non-hydrogen) atoms. The minimum absolute atomic E-state index is 0.00475. The van der Waals surface area contributed by atoms with Gasteiger partial charge in [-0.3, -0.25) is 4.79 Å². The number of carbonyl (C=O) groups excluding carboxylic acids is 1. The summed E-state index contributed by atoms with van der Waals surface area (Å²) < 4.78 is 0.755.